The van der Waals surface area contributed by atoms with Crippen LogP contribution in [0.4, 0.5) is 17.1 Å². The Morgan fingerprint density at radius 1 is 0.283 bits per heavy atom. The molecule has 0 saturated carbocycles. The van der Waals surface area contributed by atoms with Gasteiger partial charge >= 0.3 is 0 Å². The van der Waals surface area contributed by atoms with E-state index in [0.29, 0.717) is 11.3 Å². The predicted molar refractivity (Wildman–Crippen MR) is 226 cm³/mol. The monoisotopic (exact) mass is 679 g/mol. The van der Waals surface area contributed by atoms with Crippen LogP contribution in [-0.4, -0.2) is 0 Å². The molecule has 0 aliphatic rings. The minimum Gasteiger partial charge on any atom is -0.310 e. The molecule has 1 heteroatoms. The van der Waals surface area contributed by atoms with Gasteiger partial charge in [0.25, 0.3) is 0 Å². The summed E-state index contributed by atoms with van der Waals surface area (Å²) in [7, 11) is 0. The lowest BCUT2D eigenvalue weighted by Crippen LogP contribution is -2.11. The molecule has 0 fully saturated rings. The first-order valence-corrected chi connectivity index (χ1v) is 17.9. The summed E-state index contributed by atoms with van der Waals surface area (Å²) in [5.41, 5.74) is 10.8. The van der Waals surface area contributed by atoms with Crippen LogP contribution in [0.15, 0.2) is 224 Å². The third-order valence-electron chi connectivity index (χ3n) is 9.77. The number of fused-ring (bicyclic) bond motifs is 1. The zero-order valence-corrected chi connectivity index (χ0v) is 29.0. The molecule has 0 saturated heterocycles. The Kier molecular flexibility index (Phi) is 7.50. The lowest BCUT2D eigenvalue weighted by Gasteiger charge is -2.29. The van der Waals surface area contributed by atoms with E-state index < -0.39 is 0 Å². The molecule has 53 heavy (non-hydrogen) atoms. The van der Waals surface area contributed by atoms with Crippen LogP contribution in [0.2, 0.25) is 0 Å². The Morgan fingerprint density at radius 3 is 1.43 bits per heavy atom. The van der Waals surface area contributed by atoms with Gasteiger partial charge in [0.2, 0.25) is 0 Å². The van der Waals surface area contributed by atoms with Gasteiger partial charge in [0, 0.05) is 16.9 Å². The number of nitrogens with zero attached hydrogens (tertiary/aromatic N) is 1. The first-order valence-electron chi connectivity index (χ1n) is 19.9. The Balaban J connectivity index is 1.26. The normalized spacial score (nSPS) is 12.1. The summed E-state index contributed by atoms with van der Waals surface area (Å²) in [4.78, 5) is 1.90. The van der Waals surface area contributed by atoms with Gasteiger partial charge in [0.1, 0.15) is 0 Å². The van der Waals surface area contributed by atoms with Gasteiger partial charge in [0.05, 0.1) is 11.2 Å². The number of rotatable bonds is 8. The van der Waals surface area contributed by atoms with Crippen LogP contribution in [0.1, 0.15) is 5.48 Å². The van der Waals surface area contributed by atoms with Crippen molar-refractivity contribution in [1.29, 1.82) is 0 Å². The van der Waals surface area contributed by atoms with E-state index in [-0.39, 0.29) is 35.4 Å². The van der Waals surface area contributed by atoms with Crippen LogP contribution < -0.4 is 4.90 Å². The molecule has 0 unspecified atom stereocenters. The molecule has 9 aromatic carbocycles. The highest BCUT2D eigenvalue weighted by Gasteiger charge is 2.20. The molecule has 0 radical (unpaired) electrons. The van der Waals surface area contributed by atoms with Crippen molar-refractivity contribution >= 4 is 27.8 Å². The molecular formula is C52H37N. The highest BCUT2D eigenvalue weighted by Crippen LogP contribution is 2.45. The van der Waals surface area contributed by atoms with E-state index in [1.54, 1.807) is 0 Å². The van der Waals surface area contributed by atoms with E-state index in [1.165, 1.54) is 5.39 Å². The standard InChI is InChI=1S/C52H37N/c1-3-15-38(16-4-1)40-29-33-45(34-30-40)53(46-35-31-41(32-36-46)44-28-27-39-17-7-8-20-43(39)37-44)52-26-14-13-25-51(52)50-24-12-11-23-49(50)48-22-10-9-21-47(48)42-18-5-2-6-19-42/h1-37H/i29D,30D,33D,34D. The van der Waals surface area contributed by atoms with Gasteiger partial charge in [0.15, 0.2) is 0 Å². The topological polar surface area (TPSA) is 3.24 Å². The maximum atomic E-state index is 9.55. The summed E-state index contributed by atoms with van der Waals surface area (Å²) in [6.45, 7) is 0. The molecule has 0 aliphatic heterocycles. The molecule has 0 spiro atoms. The summed E-state index contributed by atoms with van der Waals surface area (Å²) in [6, 6.07) is 66.9. The van der Waals surface area contributed by atoms with Crippen molar-refractivity contribution in [3.05, 3.63) is 224 Å². The molecular weight excluding hydrogens is 639 g/mol. The number of anilines is 3. The minimum atomic E-state index is -0.119. The fourth-order valence-corrected chi connectivity index (χ4v) is 7.16. The number of hydrogen-bond acceptors (Lipinski definition) is 1. The first kappa shape index (κ1) is 27.7. The molecule has 0 aliphatic carbocycles. The Labute approximate surface area is 317 Å². The van der Waals surface area contributed by atoms with Gasteiger partial charge in [-0.2, -0.15) is 0 Å². The average Bonchev–Trinajstić information content (AvgIpc) is 3.28. The van der Waals surface area contributed by atoms with Crippen molar-refractivity contribution in [3.63, 3.8) is 0 Å². The molecule has 0 N–H and O–H groups in total. The van der Waals surface area contributed by atoms with Crippen molar-refractivity contribution in [2.45, 2.75) is 0 Å². The van der Waals surface area contributed by atoms with Crippen molar-refractivity contribution in [2.24, 2.45) is 0 Å². The van der Waals surface area contributed by atoms with E-state index in [0.717, 1.165) is 55.6 Å². The lowest BCUT2D eigenvalue weighted by molar-refractivity contribution is 1.28. The average molecular weight is 680 g/mol. The quantitative estimate of drug-likeness (QED) is 0.154. The maximum absolute atomic E-state index is 9.55. The van der Waals surface area contributed by atoms with E-state index in [2.05, 4.69) is 115 Å². The van der Waals surface area contributed by atoms with E-state index in [4.69, 9.17) is 0 Å². The van der Waals surface area contributed by atoms with E-state index in [9.17, 15) is 5.48 Å². The van der Waals surface area contributed by atoms with Crippen LogP contribution in [0.25, 0.3) is 66.4 Å². The molecule has 9 aromatic rings. The Morgan fingerprint density at radius 2 is 0.755 bits per heavy atom. The predicted octanol–water partition coefficient (Wildman–Crippen LogP) is 14.6. The number of hydrogen-bond donors (Lipinski definition) is 0. The Bertz CT molecular complexity index is 2860. The zero-order valence-electron chi connectivity index (χ0n) is 33.0. The molecule has 0 amide bonds. The summed E-state index contributed by atoms with van der Waals surface area (Å²) in [5, 5.41) is 2.33. The van der Waals surface area contributed by atoms with Gasteiger partial charge < -0.3 is 4.90 Å². The summed E-state index contributed by atoms with van der Waals surface area (Å²) < 4.78 is 37.7. The van der Waals surface area contributed by atoms with E-state index >= 15 is 0 Å². The van der Waals surface area contributed by atoms with Gasteiger partial charge in [-0.25, -0.2) is 0 Å². The van der Waals surface area contributed by atoms with Crippen LogP contribution in [0, 0.1) is 0 Å². The van der Waals surface area contributed by atoms with Crippen LogP contribution in [-0.2, 0) is 0 Å². The highest BCUT2D eigenvalue weighted by atomic mass is 15.1. The second-order valence-corrected chi connectivity index (χ2v) is 13.0. The number of benzene rings is 9. The molecule has 0 aromatic heterocycles. The summed E-state index contributed by atoms with van der Waals surface area (Å²) in [6.07, 6.45) is 0. The van der Waals surface area contributed by atoms with Gasteiger partial charge in [-0.1, -0.05) is 188 Å². The molecule has 1 nitrogen and oxygen atoms in total. The second kappa shape index (κ2) is 14.3. The Hall–Kier alpha value is -6.96. The summed E-state index contributed by atoms with van der Waals surface area (Å²) >= 11 is 0. The molecule has 0 heterocycles. The largest absolute Gasteiger partial charge is 0.310 e. The molecule has 0 atom stereocenters. The van der Waals surface area contributed by atoms with Crippen molar-refractivity contribution in [2.75, 3.05) is 4.90 Å². The van der Waals surface area contributed by atoms with Crippen LogP contribution >= 0.6 is 0 Å². The maximum Gasteiger partial charge on any atom is 0.0645 e. The van der Waals surface area contributed by atoms with Gasteiger partial charge in [-0.15, -0.1) is 0 Å². The molecule has 9 rings (SSSR count). The second-order valence-electron chi connectivity index (χ2n) is 13.0. The van der Waals surface area contributed by atoms with Gasteiger partial charge in [-0.05, 0) is 97.2 Å². The minimum absolute atomic E-state index is 0.0929. The number of para-hydroxylation sites is 1. The summed E-state index contributed by atoms with van der Waals surface area (Å²) in [5.74, 6) is 0. The zero-order chi connectivity index (χ0) is 38.9. The third-order valence-corrected chi connectivity index (χ3v) is 9.77. The highest BCUT2D eigenvalue weighted by molar-refractivity contribution is 5.97. The first-order chi connectivity index (χ1) is 28.0. The fourth-order valence-electron chi connectivity index (χ4n) is 7.16. The van der Waals surface area contributed by atoms with Crippen molar-refractivity contribution < 1.29 is 5.48 Å². The molecule has 250 valence electrons. The van der Waals surface area contributed by atoms with E-state index in [1.807, 2.05) is 89.8 Å². The van der Waals surface area contributed by atoms with Crippen molar-refractivity contribution in [1.82, 2.24) is 0 Å². The third kappa shape index (κ3) is 6.42. The fraction of sp³-hybridized carbons (Fsp3) is 0. The molecule has 0 bridgehead atoms. The van der Waals surface area contributed by atoms with Crippen molar-refractivity contribution in [3.8, 4) is 55.6 Å². The van der Waals surface area contributed by atoms with Gasteiger partial charge in [-0.3, -0.25) is 0 Å². The smallest absolute Gasteiger partial charge is 0.0645 e. The van der Waals surface area contributed by atoms with Crippen LogP contribution in [0.3, 0.4) is 0 Å². The van der Waals surface area contributed by atoms with Crippen LogP contribution in [0.5, 0.6) is 0 Å². The lowest BCUT2D eigenvalue weighted by atomic mass is 9.88. The SMILES string of the molecule is [2H]c1c([2H])c(N(c2ccc(-c3ccc4ccccc4c3)cc2)c2ccccc2-c2ccccc2-c2ccccc2-c2ccccc2)c([2H])c([2H])c1-c1ccccc1.